The van der Waals surface area contributed by atoms with E-state index in [9.17, 15) is 14.4 Å². The number of aromatic nitrogens is 2. The van der Waals surface area contributed by atoms with Gasteiger partial charge in [-0.3, -0.25) is 14.4 Å². The molecule has 1 aliphatic heterocycles. The predicted molar refractivity (Wildman–Crippen MR) is 113 cm³/mol. The van der Waals surface area contributed by atoms with E-state index in [4.69, 9.17) is 0 Å². The SMILES string of the molecule is CCCCC(=O)Nc1cc2c(cc1N1CCC(C)CC1)n(C)c(=O)c(=O)n2C. The highest BCUT2D eigenvalue weighted by atomic mass is 16.2. The van der Waals surface area contributed by atoms with E-state index >= 15 is 0 Å². The first-order chi connectivity index (χ1) is 13.3. The van der Waals surface area contributed by atoms with E-state index in [1.54, 1.807) is 14.1 Å². The molecule has 0 atom stereocenters. The Morgan fingerprint density at radius 1 is 1.07 bits per heavy atom. The molecule has 1 N–H and O–H groups in total. The average Bonchev–Trinajstić information content (AvgIpc) is 2.69. The van der Waals surface area contributed by atoms with Crippen LogP contribution in [-0.2, 0) is 18.9 Å². The lowest BCUT2D eigenvalue weighted by Crippen LogP contribution is -2.39. The molecule has 0 unspecified atom stereocenters. The number of hydrogen-bond donors (Lipinski definition) is 1. The Morgan fingerprint density at radius 2 is 1.64 bits per heavy atom. The minimum atomic E-state index is -0.571. The molecule has 1 amide bonds. The summed E-state index contributed by atoms with van der Waals surface area (Å²) in [6, 6.07) is 3.76. The molecule has 0 bridgehead atoms. The molecule has 0 saturated carbocycles. The van der Waals surface area contributed by atoms with Gasteiger partial charge in [0.1, 0.15) is 0 Å². The summed E-state index contributed by atoms with van der Waals surface area (Å²) in [5, 5.41) is 3.04. The van der Waals surface area contributed by atoms with Gasteiger partial charge in [0, 0.05) is 33.6 Å². The lowest BCUT2D eigenvalue weighted by molar-refractivity contribution is -0.116. The van der Waals surface area contributed by atoms with Gasteiger partial charge in [0.15, 0.2) is 0 Å². The van der Waals surface area contributed by atoms with Crippen LogP contribution >= 0.6 is 0 Å². The lowest BCUT2D eigenvalue weighted by atomic mass is 9.98. The molecule has 1 saturated heterocycles. The molecule has 2 heterocycles. The van der Waals surface area contributed by atoms with Crippen LogP contribution in [0.15, 0.2) is 21.7 Å². The highest BCUT2D eigenvalue weighted by Gasteiger charge is 2.21. The summed E-state index contributed by atoms with van der Waals surface area (Å²) in [5.74, 6) is 0.659. The van der Waals surface area contributed by atoms with Crippen molar-refractivity contribution in [2.24, 2.45) is 20.0 Å². The maximum Gasteiger partial charge on any atom is 0.316 e. The fraction of sp³-hybridized carbons (Fsp3) is 0.571. The zero-order chi connectivity index (χ0) is 20.4. The van der Waals surface area contributed by atoms with Crippen molar-refractivity contribution in [2.45, 2.75) is 46.0 Å². The van der Waals surface area contributed by atoms with Crippen molar-refractivity contribution in [3.8, 4) is 0 Å². The molecule has 1 aromatic heterocycles. The highest BCUT2D eigenvalue weighted by Crippen LogP contribution is 2.33. The van der Waals surface area contributed by atoms with E-state index in [0.717, 1.165) is 44.5 Å². The van der Waals surface area contributed by atoms with Crippen molar-refractivity contribution in [2.75, 3.05) is 23.3 Å². The smallest absolute Gasteiger partial charge is 0.316 e. The van der Waals surface area contributed by atoms with Crippen LogP contribution in [0.3, 0.4) is 0 Å². The van der Waals surface area contributed by atoms with Crippen LogP contribution in [0.4, 0.5) is 11.4 Å². The number of aryl methyl sites for hydroxylation is 2. The number of anilines is 2. The first-order valence-electron chi connectivity index (χ1n) is 10.1. The number of nitrogens with one attached hydrogen (secondary N) is 1. The summed E-state index contributed by atoms with van der Waals surface area (Å²) in [4.78, 5) is 39.2. The quantitative estimate of drug-likeness (QED) is 0.802. The predicted octanol–water partition coefficient (Wildman–Crippen LogP) is 2.60. The van der Waals surface area contributed by atoms with Crippen LogP contribution in [0.2, 0.25) is 0 Å². The second kappa shape index (κ2) is 8.20. The third-order valence-corrected chi connectivity index (χ3v) is 5.76. The summed E-state index contributed by atoms with van der Waals surface area (Å²) in [6.07, 6.45) is 4.44. The third kappa shape index (κ3) is 3.84. The molecular formula is C21H30N4O3. The summed E-state index contributed by atoms with van der Waals surface area (Å²) in [6.45, 7) is 6.12. The molecule has 0 radical (unpaired) electrons. The second-order valence-corrected chi connectivity index (χ2v) is 7.91. The number of nitrogens with zero attached hydrogens (tertiary/aromatic N) is 3. The molecule has 7 nitrogen and oxygen atoms in total. The zero-order valence-electron chi connectivity index (χ0n) is 17.2. The Morgan fingerprint density at radius 3 is 2.21 bits per heavy atom. The van der Waals surface area contributed by atoms with Crippen LogP contribution in [-0.4, -0.2) is 28.1 Å². The fourth-order valence-electron chi connectivity index (χ4n) is 3.77. The monoisotopic (exact) mass is 386 g/mol. The summed E-state index contributed by atoms with van der Waals surface area (Å²) in [5.41, 5.74) is 1.82. The largest absolute Gasteiger partial charge is 0.370 e. The van der Waals surface area contributed by atoms with Crippen LogP contribution in [0.25, 0.3) is 11.0 Å². The molecule has 0 spiro atoms. The van der Waals surface area contributed by atoms with Crippen molar-refractivity contribution in [3.63, 3.8) is 0 Å². The Labute approximate surface area is 165 Å². The molecule has 1 aromatic carbocycles. The zero-order valence-corrected chi connectivity index (χ0v) is 17.2. The van der Waals surface area contributed by atoms with Gasteiger partial charge in [0.25, 0.3) is 0 Å². The van der Waals surface area contributed by atoms with Crippen molar-refractivity contribution in [3.05, 3.63) is 32.8 Å². The number of piperidine rings is 1. The summed E-state index contributed by atoms with van der Waals surface area (Å²) >= 11 is 0. The molecular weight excluding hydrogens is 356 g/mol. The Bertz CT molecular complexity index is 997. The van der Waals surface area contributed by atoms with Gasteiger partial charge < -0.3 is 19.4 Å². The van der Waals surface area contributed by atoms with E-state index in [1.165, 1.54) is 9.13 Å². The van der Waals surface area contributed by atoms with Gasteiger partial charge >= 0.3 is 11.1 Å². The number of amides is 1. The van der Waals surface area contributed by atoms with E-state index in [1.807, 2.05) is 12.1 Å². The normalized spacial score (nSPS) is 15.2. The first-order valence-corrected chi connectivity index (χ1v) is 10.1. The second-order valence-electron chi connectivity index (χ2n) is 7.91. The maximum atomic E-state index is 12.4. The molecule has 2 aromatic rings. The lowest BCUT2D eigenvalue weighted by Gasteiger charge is -2.34. The Kier molecular flexibility index (Phi) is 5.91. The van der Waals surface area contributed by atoms with Gasteiger partial charge in [-0.2, -0.15) is 0 Å². The number of hydrogen-bond acceptors (Lipinski definition) is 4. The van der Waals surface area contributed by atoms with Gasteiger partial charge in [0.05, 0.1) is 22.4 Å². The number of fused-ring (bicyclic) bond motifs is 1. The van der Waals surface area contributed by atoms with Gasteiger partial charge in [-0.05, 0) is 37.3 Å². The maximum absolute atomic E-state index is 12.4. The molecule has 28 heavy (non-hydrogen) atoms. The van der Waals surface area contributed by atoms with Gasteiger partial charge in [-0.1, -0.05) is 20.3 Å². The third-order valence-electron chi connectivity index (χ3n) is 5.76. The molecule has 1 aliphatic rings. The average molecular weight is 386 g/mol. The van der Waals surface area contributed by atoms with Crippen molar-refractivity contribution >= 4 is 28.3 Å². The van der Waals surface area contributed by atoms with E-state index < -0.39 is 11.1 Å². The minimum absolute atomic E-state index is 0.0253. The van der Waals surface area contributed by atoms with Crippen molar-refractivity contribution < 1.29 is 4.79 Å². The topological polar surface area (TPSA) is 76.3 Å². The van der Waals surface area contributed by atoms with Gasteiger partial charge in [-0.15, -0.1) is 0 Å². The van der Waals surface area contributed by atoms with Crippen LogP contribution in [0, 0.1) is 5.92 Å². The number of benzene rings is 1. The Balaban J connectivity index is 2.14. The number of rotatable bonds is 5. The van der Waals surface area contributed by atoms with Crippen molar-refractivity contribution in [1.82, 2.24) is 9.13 Å². The highest BCUT2D eigenvalue weighted by molar-refractivity contribution is 5.98. The van der Waals surface area contributed by atoms with Crippen LogP contribution in [0.1, 0.15) is 46.0 Å². The van der Waals surface area contributed by atoms with Crippen molar-refractivity contribution in [1.29, 1.82) is 0 Å². The number of unbranched alkanes of at least 4 members (excludes halogenated alkanes) is 1. The Hall–Kier alpha value is -2.57. The molecule has 152 valence electrons. The van der Waals surface area contributed by atoms with E-state index in [0.29, 0.717) is 29.1 Å². The standard InChI is InChI=1S/C21H30N4O3/c1-5-6-7-19(26)22-15-12-17-18(24(4)21(28)20(27)23(17)3)13-16(15)25-10-8-14(2)9-11-25/h12-14H,5-11H2,1-4H3,(H,22,26). The number of carbonyl (C=O) groups excluding carboxylic acids is 1. The van der Waals surface area contributed by atoms with Crippen LogP contribution < -0.4 is 21.3 Å². The van der Waals surface area contributed by atoms with E-state index in [2.05, 4.69) is 24.1 Å². The minimum Gasteiger partial charge on any atom is -0.370 e. The van der Waals surface area contributed by atoms with Gasteiger partial charge in [-0.25, -0.2) is 0 Å². The van der Waals surface area contributed by atoms with Crippen LogP contribution in [0.5, 0.6) is 0 Å². The molecule has 7 heteroatoms. The van der Waals surface area contributed by atoms with Gasteiger partial charge in [0.2, 0.25) is 5.91 Å². The summed E-state index contributed by atoms with van der Waals surface area (Å²) in [7, 11) is 3.21. The number of carbonyl (C=O) groups is 1. The first kappa shape index (κ1) is 20.2. The molecule has 0 aliphatic carbocycles. The summed E-state index contributed by atoms with van der Waals surface area (Å²) < 4.78 is 2.76. The fourth-order valence-corrected chi connectivity index (χ4v) is 3.77. The van der Waals surface area contributed by atoms with E-state index in [-0.39, 0.29) is 5.91 Å². The molecule has 1 fully saturated rings. The molecule has 3 rings (SSSR count).